The van der Waals surface area contributed by atoms with Gasteiger partial charge in [-0.1, -0.05) is 0 Å². The van der Waals surface area contributed by atoms with Gasteiger partial charge in [0.05, 0.1) is 0 Å². The molecule has 4 nitrogen and oxygen atoms in total. The van der Waals surface area contributed by atoms with Crippen molar-refractivity contribution in [2.45, 2.75) is 19.4 Å². The lowest BCUT2D eigenvalue weighted by atomic mass is 10.3. The molecule has 0 fully saturated rings. The van der Waals surface area contributed by atoms with Crippen LogP contribution in [-0.2, 0) is 6.54 Å². The molecule has 0 aliphatic heterocycles. The molecule has 0 aliphatic rings. The number of nitrogens with one attached hydrogen (secondary N) is 1. The van der Waals surface area contributed by atoms with E-state index in [4.69, 9.17) is 12.2 Å². The number of nitrogens with zero attached hydrogens (tertiary/aromatic N) is 2. The molecule has 0 atom stereocenters. The minimum absolute atomic E-state index is 0.135. The quantitative estimate of drug-likeness (QED) is 0.608. The molecule has 0 saturated heterocycles. The van der Waals surface area contributed by atoms with Crippen LogP contribution in [0, 0.1) is 4.77 Å². The Morgan fingerprint density at radius 3 is 2.80 bits per heavy atom. The predicted molar refractivity (Wildman–Crippen MR) is 63.7 cm³/mol. The third-order valence-electron chi connectivity index (χ3n) is 2.15. The highest BCUT2D eigenvalue weighted by molar-refractivity contribution is 7.71. The van der Waals surface area contributed by atoms with Crippen LogP contribution in [0.4, 0.5) is 0 Å². The SMILES string of the molecule is CN(C)CCCCn1ccc(=O)[nH]c1=S. The maximum absolute atomic E-state index is 10.9. The summed E-state index contributed by atoms with van der Waals surface area (Å²) in [4.78, 5) is 15.7. The van der Waals surface area contributed by atoms with Crippen LogP contribution in [0.25, 0.3) is 0 Å². The Hall–Kier alpha value is -0.940. The van der Waals surface area contributed by atoms with Gasteiger partial charge in [0.1, 0.15) is 0 Å². The number of unbranched alkanes of at least 4 members (excludes halogenated alkanes) is 1. The average molecular weight is 227 g/mol. The van der Waals surface area contributed by atoms with E-state index in [1.807, 2.05) is 4.57 Å². The first-order valence-corrected chi connectivity index (χ1v) is 5.45. The normalized spacial score (nSPS) is 10.9. The predicted octanol–water partition coefficient (Wildman–Crippen LogP) is 1.25. The van der Waals surface area contributed by atoms with E-state index in [1.54, 1.807) is 6.20 Å². The number of aromatic nitrogens is 2. The van der Waals surface area contributed by atoms with E-state index in [1.165, 1.54) is 6.07 Å². The highest BCUT2D eigenvalue weighted by Gasteiger charge is 1.94. The summed E-state index contributed by atoms with van der Waals surface area (Å²) in [5, 5.41) is 0. The number of aryl methyl sites for hydroxylation is 1. The minimum atomic E-state index is -0.135. The van der Waals surface area contributed by atoms with Crippen molar-refractivity contribution in [1.82, 2.24) is 14.5 Å². The van der Waals surface area contributed by atoms with Gasteiger partial charge in [0.15, 0.2) is 4.77 Å². The monoisotopic (exact) mass is 227 g/mol. The summed E-state index contributed by atoms with van der Waals surface area (Å²) in [5.74, 6) is 0. The molecule has 0 radical (unpaired) electrons. The van der Waals surface area contributed by atoms with Gasteiger partial charge in [-0.3, -0.25) is 9.78 Å². The zero-order valence-electron chi connectivity index (χ0n) is 9.19. The zero-order valence-corrected chi connectivity index (χ0v) is 10.0. The van der Waals surface area contributed by atoms with Crippen molar-refractivity contribution in [3.63, 3.8) is 0 Å². The van der Waals surface area contributed by atoms with Crippen LogP contribution in [0.1, 0.15) is 12.8 Å². The fourth-order valence-electron chi connectivity index (χ4n) is 1.33. The summed E-state index contributed by atoms with van der Waals surface area (Å²) in [6, 6.07) is 1.50. The lowest BCUT2D eigenvalue weighted by molar-refractivity contribution is 0.387. The molecule has 0 aromatic carbocycles. The van der Waals surface area contributed by atoms with Crippen molar-refractivity contribution in [3.05, 3.63) is 27.4 Å². The van der Waals surface area contributed by atoms with E-state index in [9.17, 15) is 4.79 Å². The van der Waals surface area contributed by atoms with Gasteiger partial charge in [0, 0.05) is 18.8 Å². The molecule has 1 heterocycles. The summed E-state index contributed by atoms with van der Waals surface area (Å²) in [6.45, 7) is 1.94. The summed E-state index contributed by atoms with van der Waals surface area (Å²) in [6.07, 6.45) is 3.95. The molecule has 0 bridgehead atoms. The molecule has 1 rings (SSSR count). The van der Waals surface area contributed by atoms with Crippen molar-refractivity contribution in [1.29, 1.82) is 0 Å². The Balaban J connectivity index is 2.45. The number of rotatable bonds is 5. The van der Waals surface area contributed by atoms with Crippen LogP contribution in [0.15, 0.2) is 17.1 Å². The highest BCUT2D eigenvalue weighted by atomic mass is 32.1. The van der Waals surface area contributed by atoms with Gasteiger partial charge in [0.2, 0.25) is 0 Å². The van der Waals surface area contributed by atoms with Crippen LogP contribution in [-0.4, -0.2) is 35.1 Å². The van der Waals surface area contributed by atoms with E-state index >= 15 is 0 Å². The molecule has 15 heavy (non-hydrogen) atoms. The Morgan fingerprint density at radius 1 is 1.47 bits per heavy atom. The maximum atomic E-state index is 10.9. The number of H-pyrrole nitrogens is 1. The molecule has 1 aromatic heterocycles. The molecular formula is C10H17N3OS. The second kappa shape index (κ2) is 5.82. The van der Waals surface area contributed by atoms with Crippen LogP contribution in [0.3, 0.4) is 0 Å². The largest absolute Gasteiger partial charge is 0.325 e. The van der Waals surface area contributed by atoms with Gasteiger partial charge >= 0.3 is 0 Å². The minimum Gasteiger partial charge on any atom is -0.325 e. The highest BCUT2D eigenvalue weighted by Crippen LogP contribution is 1.96. The summed E-state index contributed by atoms with van der Waals surface area (Å²) >= 11 is 5.04. The van der Waals surface area contributed by atoms with Gasteiger partial charge < -0.3 is 9.47 Å². The van der Waals surface area contributed by atoms with Gasteiger partial charge in [-0.05, 0) is 45.7 Å². The van der Waals surface area contributed by atoms with Gasteiger partial charge in [-0.15, -0.1) is 0 Å². The van der Waals surface area contributed by atoms with Crippen molar-refractivity contribution >= 4 is 12.2 Å². The molecular weight excluding hydrogens is 210 g/mol. The standard InChI is InChI=1S/C10H17N3OS/c1-12(2)6-3-4-7-13-8-5-9(14)11-10(13)15/h5,8H,3-4,6-7H2,1-2H3,(H,11,14,15). The van der Waals surface area contributed by atoms with E-state index < -0.39 is 0 Å². The average Bonchev–Trinajstić information content (AvgIpc) is 2.14. The van der Waals surface area contributed by atoms with Crippen molar-refractivity contribution < 1.29 is 0 Å². The van der Waals surface area contributed by atoms with E-state index in [-0.39, 0.29) is 5.56 Å². The molecule has 0 spiro atoms. The molecule has 1 N–H and O–H groups in total. The van der Waals surface area contributed by atoms with Crippen molar-refractivity contribution in [3.8, 4) is 0 Å². The van der Waals surface area contributed by atoms with Gasteiger partial charge in [0.25, 0.3) is 5.56 Å². The lowest BCUT2D eigenvalue weighted by Crippen LogP contribution is -2.15. The number of aromatic amines is 1. The molecule has 1 aromatic rings. The second-order valence-corrected chi connectivity index (χ2v) is 4.20. The first-order valence-electron chi connectivity index (χ1n) is 5.04. The molecule has 0 saturated carbocycles. The Morgan fingerprint density at radius 2 is 2.20 bits per heavy atom. The smallest absolute Gasteiger partial charge is 0.251 e. The van der Waals surface area contributed by atoms with Crippen molar-refractivity contribution in [2.24, 2.45) is 0 Å². The lowest BCUT2D eigenvalue weighted by Gasteiger charge is -2.09. The van der Waals surface area contributed by atoms with E-state index in [0.717, 1.165) is 25.9 Å². The Bertz CT molecular complexity index is 408. The van der Waals surface area contributed by atoms with Crippen molar-refractivity contribution in [2.75, 3.05) is 20.6 Å². The van der Waals surface area contributed by atoms with Gasteiger partial charge in [-0.2, -0.15) is 0 Å². The molecule has 0 unspecified atom stereocenters. The Kier molecular flexibility index (Phi) is 4.71. The van der Waals surface area contributed by atoms with Gasteiger partial charge in [-0.25, -0.2) is 0 Å². The first kappa shape index (κ1) is 12.1. The van der Waals surface area contributed by atoms with Crippen LogP contribution in [0.2, 0.25) is 0 Å². The fraction of sp³-hybridized carbons (Fsp3) is 0.600. The van der Waals surface area contributed by atoms with Crippen LogP contribution < -0.4 is 5.56 Å². The number of hydrogen-bond donors (Lipinski definition) is 1. The Labute approximate surface area is 94.6 Å². The third kappa shape index (κ3) is 4.40. The first-order chi connectivity index (χ1) is 7.09. The maximum Gasteiger partial charge on any atom is 0.251 e. The van der Waals surface area contributed by atoms with E-state index in [2.05, 4.69) is 24.0 Å². The molecule has 0 aliphatic carbocycles. The van der Waals surface area contributed by atoms with Crippen LogP contribution in [0.5, 0.6) is 0 Å². The second-order valence-electron chi connectivity index (χ2n) is 3.81. The fourth-order valence-corrected chi connectivity index (χ4v) is 1.58. The van der Waals surface area contributed by atoms with E-state index in [0.29, 0.717) is 4.77 Å². The molecule has 5 heteroatoms. The number of hydrogen-bond acceptors (Lipinski definition) is 3. The zero-order chi connectivity index (χ0) is 11.3. The molecule has 84 valence electrons. The third-order valence-corrected chi connectivity index (χ3v) is 2.49. The summed E-state index contributed by atoms with van der Waals surface area (Å²) in [7, 11) is 4.12. The summed E-state index contributed by atoms with van der Waals surface area (Å²) in [5.41, 5.74) is -0.135. The molecule has 0 amide bonds. The summed E-state index contributed by atoms with van der Waals surface area (Å²) < 4.78 is 2.40. The van der Waals surface area contributed by atoms with Crippen LogP contribution >= 0.6 is 12.2 Å². The topological polar surface area (TPSA) is 41.0 Å².